The minimum absolute atomic E-state index is 0.0553. The van der Waals surface area contributed by atoms with Gasteiger partial charge in [0.05, 0.1) is 6.20 Å². The molecule has 1 atom stereocenters. The zero-order valence-electron chi connectivity index (χ0n) is 10.0. The van der Waals surface area contributed by atoms with Crippen LogP contribution in [0, 0.1) is 6.92 Å². The molecular weight excluding hydrogens is 216 g/mol. The summed E-state index contributed by atoms with van der Waals surface area (Å²) in [5.41, 5.74) is 8.03. The summed E-state index contributed by atoms with van der Waals surface area (Å²) in [7, 11) is 0. The topological polar surface area (TPSA) is 61.3 Å². The maximum atomic E-state index is 5.90. The predicted octanol–water partition coefficient (Wildman–Crippen LogP) is 2.58. The summed E-state index contributed by atoms with van der Waals surface area (Å²) in [6, 6.07) is 7.73. The third-order valence-corrected chi connectivity index (χ3v) is 2.52. The van der Waals surface area contributed by atoms with Crippen molar-refractivity contribution in [2.24, 2.45) is 5.73 Å². The quantitative estimate of drug-likeness (QED) is 0.880. The molecule has 1 unspecified atom stereocenters. The Morgan fingerprint density at radius 2 is 2.24 bits per heavy atom. The van der Waals surface area contributed by atoms with Gasteiger partial charge in [-0.2, -0.15) is 0 Å². The fraction of sp³-hybridized carbons (Fsp3) is 0.308. The van der Waals surface area contributed by atoms with Gasteiger partial charge < -0.3 is 15.0 Å². The SMILES string of the molecule is Cc1ccc(C(C)N)c(OCc2ccno2)c1. The molecule has 2 N–H and O–H groups in total. The fourth-order valence-corrected chi connectivity index (χ4v) is 1.61. The number of aryl methyl sites for hydroxylation is 1. The zero-order chi connectivity index (χ0) is 12.3. The van der Waals surface area contributed by atoms with Crippen LogP contribution in [0.15, 0.2) is 35.0 Å². The van der Waals surface area contributed by atoms with Gasteiger partial charge >= 0.3 is 0 Å². The fourth-order valence-electron chi connectivity index (χ4n) is 1.61. The molecule has 0 saturated carbocycles. The lowest BCUT2D eigenvalue weighted by molar-refractivity contribution is 0.246. The first-order valence-corrected chi connectivity index (χ1v) is 5.55. The van der Waals surface area contributed by atoms with E-state index in [9.17, 15) is 0 Å². The van der Waals surface area contributed by atoms with Crippen molar-refractivity contribution in [1.29, 1.82) is 0 Å². The van der Waals surface area contributed by atoms with Crippen molar-refractivity contribution in [3.63, 3.8) is 0 Å². The van der Waals surface area contributed by atoms with Gasteiger partial charge in [0.2, 0.25) is 0 Å². The normalized spacial score (nSPS) is 12.4. The molecule has 0 fully saturated rings. The number of hydrogen-bond donors (Lipinski definition) is 1. The van der Waals surface area contributed by atoms with Crippen LogP contribution in [0.3, 0.4) is 0 Å². The number of benzene rings is 1. The van der Waals surface area contributed by atoms with Crippen LogP contribution in [0.4, 0.5) is 0 Å². The molecule has 0 amide bonds. The molecule has 0 spiro atoms. The van der Waals surface area contributed by atoms with E-state index in [1.807, 2.05) is 32.0 Å². The summed E-state index contributed by atoms with van der Waals surface area (Å²) in [5.74, 6) is 1.50. The smallest absolute Gasteiger partial charge is 0.174 e. The van der Waals surface area contributed by atoms with E-state index < -0.39 is 0 Å². The van der Waals surface area contributed by atoms with E-state index in [0.717, 1.165) is 16.9 Å². The van der Waals surface area contributed by atoms with Crippen molar-refractivity contribution in [3.05, 3.63) is 47.3 Å². The molecule has 0 aliphatic heterocycles. The minimum Gasteiger partial charge on any atom is -0.485 e. The lowest BCUT2D eigenvalue weighted by Crippen LogP contribution is -2.08. The third kappa shape index (κ3) is 2.85. The number of ether oxygens (including phenoxy) is 1. The summed E-state index contributed by atoms with van der Waals surface area (Å²) < 4.78 is 10.7. The third-order valence-electron chi connectivity index (χ3n) is 2.52. The summed E-state index contributed by atoms with van der Waals surface area (Å²) >= 11 is 0. The van der Waals surface area contributed by atoms with E-state index in [1.165, 1.54) is 0 Å². The molecule has 1 aromatic carbocycles. The summed E-state index contributed by atoms with van der Waals surface area (Å²) in [6.07, 6.45) is 1.60. The molecule has 1 heterocycles. The van der Waals surface area contributed by atoms with Crippen molar-refractivity contribution >= 4 is 0 Å². The number of rotatable bonds is 4. The van der Waals surface area contributed by atoms with Crippen LogP contribution in [0.2, 0.25) is 0 Å². The minimum atomic E-state index is -0.0553. The monoisotopic (exact) mass is 232 g/mol. The van der Waals surface area contributed by atoms with Crippen LogP contribution in [0.1, 0.15) is 29.9 Å². The van der Waals surface area contributed by atoms with Crippen LogP contribution in [0.5, 0.6) is 5.75 Å². The Labute approximate surface area is 100 Å². The molecule has 1 aromatic heterocycles. The number of aromatic nitrogens is 1. The molecule has 0 radical (unpaired) electrons. The Balaban J connectivity index is 2.16. The molecule has 0 bridgehead atoms. The van der Waals surface area contributed by atoms with Crippen LogP contribution >= 0.6 is 0 Å². The first kappa shape index (κ1) is 11.7. The Morgan fingerprint density at radius 1 is 1.41 bits per heavy atom. The second kappa shape index (κ2) is 5.01. The van der Waals surface area contributed by atoms with Gasteiger partial charge in [0.1, 0.15) is 12.4 Å². The van der Waals surface area contributed by atoms with Gasteiger partial charge in [-0.1, -0.05) is 17.3 Å². The highest BCUT2D eigenvalue weighted by atomic mass is 16.5. The van der Waals surface area contributed by atoms with E-state index in [1.54, 1.807) is 12.3 Å². The Kier molecular flexibility index (Phi) is 3.44. The van der Waals surface area contributed by atoms with Gasteiger partial charge in [-0.3, -0.25) is 0 Å². The molecule has 17 heavy (non-hydrogen) atoms. The first-order valence-electron chi connectivity index (χ1n) is 5.55. The van der Waals surface area contributed by atoms with Gasteiger partial charge in [-0.15, -0.1) is 0 Å². The average Bonchev–Trinajstić information content (AvgIpc) is 2.78. The molecule has 2 rings (SSSR count). The molecule has 0 aliphatic carbocycles. The van der Waals surface area contributed by atoms with Gasteiger partial charge in [0, 0.05) is 17.7 Å². The number of nitrogens with two attached hydrogens (primary N) is 1. The van der Waals surface area contributed by atoms with Crippen LogP contribution in [-0.4, -0.2) is 5.16 Å². The first-order chi connectivity index (χ1) is 8.16. The van der Waals surface area contributed by atoms with Gasteiger partial charge in [0.25, 0.3) is 0 Å². The molecule has 0 saturated heterocycles. The maximum absolute atomic E-state index is 5.90. The molecule has 90 valence electrons. The zero-order valence-corrected chi connectivity index (χ0v) is 10.0. The molecule has 4 nitrogen and oxygen atoms in total. The lowest BCUT2D eigenvalue weighted by atomic mass is 10.1. The number of nitrogens with zero attached hydrogens (tertiary/aromatic N) is 1. The molecular formula is C13H16N2O2. The van der Waals surface area contributed by atoms with Crippen LogP contribution in [-0.2, 0) is 6.61 Å². The van der Waals surface area contributed by atoms with Crippen molar-refractivity contribution in [3.8, 4) is 5.75 Å². The van der Waals surface area contributed by atoms with Crippen LogP contribution in [0.25, 0.3) is 0 Å². The second-order valence-electron chi connectivity index (χ2n) is 4.10. The van der Waals surface area contributed by atoms with Crippen molar-refractivity contribution < 1.29 is 9.26 Å². The van der Waals surface area contributed by atoms with E-state index in [4.69, 9.17) is 15.0 Å². The highest BCUT2D eigenvalue weighted by molar-refractivity contribution is 5.38. The summed E-state index contributed by atoms with van der Waals surface area (Å²) in [6.45, 7) is 4.32. The lowest BCUT2D eigenvalue weighted by Gasteiger charge is -2.13. The van der Waals surface area contributed by atoms with E-state index >= 15 is 0 Å². The van der Waals surface area contributed by atoms with Crippen molar-refractivity contribution in [2.75, 3.05) is 0 Å². The van der Waals surface area contributed by atoms with E-state index in [2.05, 4.69) is 5.16 Å². The van der Waals surface area contributed by atoms with Gasteiger partial charge in [-0.05, 0) is 25.5 Å². The van der Waals surface area contributed by atoms with Gasteiger partial charge in [-0.25, -0.2) is 0 Å². The standard InChI is InChI=1S/C13H16N2O2/c1-9-3-4-12(10(2)14)13(7-9)16-8-11-5-6-15-17-11/h3-7,10H,8,14H2,1-2H3. The Morgan fingerprint density at radius 3 is 2.88 bits per heavy atom. The molecule has 0 aliphatic rings. The maximum Gasteiger partial charge on any atom is 0.174 e. The van der Waals surface area contributed by atoms with Gasteiger partial charge in [0.15, 0.2) is 5.76 Å². The largest absolute Gasteiger partial charge is 0.485 e. The van der Waals surface area contributed by atoms with E-state index in [0.29, 0.717) is 12.4 Å². The Bertz CT molecular complexity index is 478. The van der Waals surface area contributed by atoms with Crippen molar-refractivity contribution in [1.82, 2.24) is 5.16 Å². The average molecular weight is 232 g/mol. The highest BCUT2D eigenvalue weighted by Gasteiger charge is 2.09. The Hall–Kier alpha value is -1.81. The van der Waals surface area contributed by atoms with Crippen LogP contribution < -0.4 is 10.5 Å². The molecule has 2 aromatic rings. The summed E-state index contributed by atoms with van der Waals surface area (Å²) in [5, 5.41) is 3.63. The highest BCUT2D eigenvalue weighted by Crippen LogP contribution is 2.25. The number of hydrogen-bond acceptors (Lipinski definition) is 4. The summed E-state index contributed by atoms with van der Waals surface area (Å²) in [4.78, 5) is 0. The second-order valence-corrected chi connectivity index (χ2v) is 4.10. The molecule has 4 heteroatoms. The van der Waals surface area contributed by atoms with Crippen molar-refractivity contribution in [2.45, 2.75) is 26.5 Å². The van der Waals surface area contributed by atoms with E-state index in [-0.39, 0.29) is 6.04 Å². The predicted molar refractivity (Wildman–Crippen MR) is 64.6 cm³/mol.